The highest BCUT2D eigenvalue weighted by molar-refractivity contribution is 7.08. The summed E-state index contributed by atoms with van der Waals surface area (Å²) in [6.07, 6.45) is 0.788. The zero-order valence-electron chi connectivity index (χ0n) is 18.6. The number of rotatable bonds is 11. The van der Waals surface area contributed by atoms with Crippen molar-refractivity contribution < 1.29 is 23.5 Å². The first-order valence-corrected chi connectivity index (χ1v) is 11.6. The van der Waals surface area contributed by atoms with Gasteiger partial charge in [-0.25, -0.2) is 0 Å². The molecule has 3 rings (SSSR count). The van der Waals surface area contributed by atoms with Gasteiger partial charge in [-0.15, -0.1) is 0 Å². The Balaban J connectivity index is 1.69. The van der Waals surface area contributed by atoms with Crippen molar-refractivity contribution in [1.82, 2.24) is 5.32 Å². The van der Waals surface area contributed by atoms with Crippen LogP contribution in [0, 0.1) is 5.92 Å². The second-order valence-electron chi connectivity index (χ2n) is 8.00. The van der Waals surface area contributed by atoms with Crippen molar-refractivity contribution in [2.75, 3.05) is 7.11 Å². The van der Waals surface area contributed by atoms with Gasteiger partial charge in [-0.3, -0.25) is 14.9 Å². The number of methoxy groups -OCH3 is 1. The molecule has 6 nitrogen and oxygen atoms in total. The number of furan rings is 1. The van der Waals surface area contributed by atoms with Gasteiger partial charge in [0.2, 0.25) is 0 Å². The van der Waals surface area contributed by atoms with Crippen LogP contribution in [0.3, 0.4) is 0 Å². The van der Waals surface area contributed by atoms with Crippen molar-refractivity contribution in [3.63, 3.8) is 0 Å². The SMILES string of the molecule is COC(=O)C(Cc1ccc(-c2ccsc2)o1)N[C@@H](CC(C)C)C(=O)OCc1ccccc1. The Morgan fingerprint density at radius 3 is 2.47 bits per heavy atom. The summed E-state index contributed by atoms with van der Waals surface area (Å²) in [6, 6.07) is 13.8. The summed E-state index contributed by atoms with van der Waals surface area (Å²) in [4.78, 5) is 25.3. The topological polar surface area (TPSA) is 77.8 Å². The molecule has 3 aromatic rings. The number of esters is 2. The molecule has 0 aliphatic rings. The number of nitrogens with one attached hydrogen (secondary N) is 1. The highest BCUT2D eigenvalue weighted by Gasteiger charge is 2.30. The van der Waals surface area contributed by atoms with Crippen molar-refractivity contribution in [3.05, 3.63) is 70.6 Å². The molecule has 0 amide bonds. The van der Waals surface area contributed by atoms with Gasteiger partial charge in [-0.1, -0.05) is 44.2 Å². The van der Waals surface area contributed by atoms with E-state index in [2.05, 4.69) is 5.32 Å². The number of carbonyl (C=O) groups excluding carboxylic acids is 2. The quantitative estimate of drug-likeness (QED) is 0.417. The lowest BCUT2D eigenvalue weighted by Crippen LogP contribution is -2.49. The minimum atomic E-state index is -0.741. The fourth-order valence-corrected chi connectivity index (χ4v) is 4.02. The highest BCUT2D eigenvalue weighted by atomic mass is 32.1. The first-order chi connectivity index (χ1) is 15.5. The fourth-order valence-electron chi connectivity index (χ4n) is 3.38. The molecule has 0 spiro atoms. The monoisotopic (exact) mass is 455 g/mol. The third kappa shape index (κ3) is 6.80. The number of benzene rings is 1. The molecule has 0 fully saturated rings. The van der Waals surface area contributed by atoms with E-state index in [0.717, 1.165) is 16.9 Å². The molecule has 0 saturated heterocycles. The molecule has 2 aromatic heterocycles. The summed E-state index contributed by atoms with van der Waals surface area (Å²) in [5.41, 5.74) is 1.90. The lowest BCUT2D eigenvalue weighted by Gasteiger charge is -2.24. The molecular formula is C25H29NO5S. The van der Waals surface area contributed by atoms with Crippen LogP contribution in [-0.2, 0) is 32.1 Å². The highest BCUT2D eigenvalue weighted by Crippen LogP contribution is 2.25. The van der Waals surface area contributed by atoms with Crippen LogP contribution >= 0.6 is 11.3 Å². The summed E-state index contributed by atoms with van der Waals surface area (Å²) in [6.45, 7) is 4.22. The molecule has 7 heteroatoms. The summed E-state index contributed by atoms with van der Waals surface area (Å²) in [5.74, 6) is 0.753. The molecule has 0 bridgehead atoms. The van der Waals surface area contributed by atoms with E-state index >= 15 is 0 Å². The van der Waals surface area contributed by atoms with Crippen molar-refractivity contribution in [3.8, 4) is 11.3 Å². The molecule has 170 valence electrons. The molecule has 32 heavy (non-hydrogen) atoms. The molecule has 1 unspecified atom stereocenters. The maximum atomic E-state index is 12.9. The van der Waals surface area contributed by atoms with Crippen LogP contribution in [0.4, 0.5) is 0 Å². The van der Waals surface area contributed by atoms with Gasteiger partial charge in [0.1, 0.15) is 30.2 Å². The average molecular weight is 456 g/mol. The van der Waals surface area contributed by atoms with Gasteiger partial charge in [-0.05, 0) is 41.5 Å². The second kappa shape index (κ2) is 11.6. The first kappa shape index (κ1) is 23.8. The maximum absolute atomic E-state index is 12.9. The van der Waals surface area contributed by atoms with Crippen LogP contribution in [0.2, 0.25) is 0 Å². The Hall–Kier alpha value is -2.90. The molecule has 0 aliphatic carbocycles. The van der Waals surface area contributed by atoms with E-state index in [4.69, 9.17) is 13.9 Å². The van der Waals surface area contributed by atoms with E-state index in [1.54, 1.807) is 11.3 Å². The number of hydrogen-bond acceptors (Lipinski definition) is 7. The van der Waals surface area contributed by atoms with Crippen LogP contribution in [-0.4, -0.2) is 31.1 Å². The van der Waals surface area contributed by atoms with Crippen molar-refractivity contribution in [2.24, 2.45) is 5.92 Å². The van der Waals surface area contributed by atoms with E-state index in [9.17, 15) is 9.59 Å². The summed E-state index contributed by atoms with van der Waals surface area (Å²) < 4.78 is 16.4. The lowest BCUT2D eigenvalue weighted by atomic mass is 10.0. The molecule has 0 aliphatic heterocycles. The van der Waals surface area contributed by atoms with Crippen molar-refractivity contribution >= 4 is 23.3 Å². The first-order valence-electron chi connectivity index (χ1n) is 10.6. The zero-order valence-corrected chi connectivity index (χ0v) is 19.4. The minimum Gasteiger partial charge on any atom is -0.468 e. The van der Waals surface area contributed by atoms with E-state index < -0.39 is 24.0 Å². The van der Waals surface area contributed by atoms with Crippen molar-refractivity contribution in [1.29, 1.82) is 0 Å². The van der Waals surface area contributed by atoms with Gasteiger partial charge in [0, 0.05) is 17.4 Å². The van der Waals surface area contributed by atoms with Gasteiger partial charge in [0.25, 0.3) is 0 Å². The van der Waals surface area contributed by atoms with Gasteiger partial charge in [0.15, 0.2) is 0 Å². The van der Waals surface area contributed by atoms with Gasteiger partial charge in [-0.2, -0.15) is 11.3 Å². The molecule has 1 aromatic carbocycles. The molecular weight excluding hydrogens is 426 g/mol. The Labute approximate surface area is 192 Å². The van der Waals surface area contributed by atoms with Gasteiger partial charge < -0.3 is 13.9 Å². The number of hydrogen-bond donors (Lipinski definition) is 1. The zero-order chi connectivity index (χ0) is 22.9. The van der Waals surface area contributed by atoms with Crippen LogP contribution in [0.15, 0.2) is 63.7 Å². The van der Waals surface area contributed by atoms with E-state index in [0.29, 0.717) is 12.2 Å². The Bertz CT molecular complexity index is 981. The largest absolute Gasteiger partial charge is 0.468 e. The summed E-state index contributed by atoms with van der Waals surface area (Å²) in [7, 11) is 1.33. The molecule has 2 atom stereocenters. The number of thiophene rings is 1. The van der Waals surface area contributed by atoms with Crippen LogP contribution in [0.5, 0.6) is 0 Å². The van der Waals surface area contributed by atoms with Gasteiger partial charge in [0.05, 0.1) is 7.11 Å². The number of ether oxygens (including phenoxy) is 2. The normalized spacial score (nSPS) is 13.0. The average Bonchev–Trinajstić information content (AvgIpc) is 3.48. The smallest absolute Gasteiger partial charge is 0.323 e. The van der Waals surface area contributed by atoms with Crippen LogP contribution in [0.25, 0.3) is 11.3 Å². The standard InChI is InChI=1S/C25H29NO5S/c1-17(2)13-21(25(28)30-15-18-7-5-4-6-8-18)26-22(24(27)29-3)14-20-9-10-23(31-20)19-11-12-32-16-19/h4-12,16-17,21-22,26H,13-15H2,1-3H3/t21-,22?/m0/s1. The van der Waals surface area contributed by atoms with E-state index in [1.165, 1.54) is 7.11 Å². The predicted molar refractivity (Wildman–Crippen MR) is 124 cm³/mol. The Morgan fingerprint density at radius 2 is 1.81 bits per heavy atom. The van der Waals surface area contributed by atoms with E-state index in [1.807, 2.05) is 73.1 Å². The lowest BCUT2D eigenvalue weighted by molar-refractivity contribution is -0.149. The summed E-state index contributed by atoms with van der Waals surface area (Å²) in [5, 5.41) is 7.14. The third-order valence-electron chi connectivity index (χ3n) is 4.98. The summed E-state index contributed by atoms with van der Waals surface area (Å²) >= 11 is 1.59. The van der Waals surface area contributed by atoms with Crippen LogP contribution < -0.4 is 5.32 Å². The predicted octanol–water partition coefficient (Wildman–Crippen LogP) is 4.84. The molecule has 0 saturated carbocycles. The minimum absolute atomic E-state index is 0.182. The van der Waals surface area contributed by atoms with Crippen molar-refractivity contribution in [2.45, 2.75) is 45.4 Å². The Morgan fingerprint density at radius 1 is 1.03 bits per heavy atom. The third-order valence-corrected chi connectivity index (χ3v) is 5.66. The fraction of sp³-hybridized carbons (Fsp3) is 0.360. The molecule has 1 N–H and O–H groups in total. The second-order valence-corrected chi connectivity index (χ2v) is 8.78. The van der Waals surface area contributed by atoms with E-state index in [-0.39, 0.29) is 18.9 Å². The Kier molecular flexibility index (Phi) is 8.64. The maximum Gasteiger partial charge on any atom is 0.323 e. The molecule has 2 heterocycles. The number of carbonyl (C=O) groups is 2. The molecule has 0 radical (unpaired) electrons. The van der Waals surface area contributed by atoms with Gasteiger partial charge >= 0.3 is 11.9 Å². The van der Waals surface area contributed by atoms with Crippen LogP contribution in [0.1, 0.15) is 31.6 Å².